The lowest BCUT2D eigenvalue weighted by molar-refractivity contribution is -0.141. The van der Waals surface area contributed by atoms with E-state index in [9.17, 15) is 9.59 Å². The number of rotatable bonds is 4. The van der Waals surface area contributed by atoms with E-state index in [0.717, 1.165) is 11.1 Å². The molecule has 0 spiro atoms. The molecule has 0 aliphatic carbocycles. The molecule has 0 bridgehead atoms. The molecule has 1 aliphatic heterocycles. The van der Waals surface area contributed by atoms with Crippen molar-refractivity contribution < 1.29 is 14.3 Å². The van der Waals surface area contributed by atoms with Gasteiger partial charge in [-0.25, -0.2) is 0 Å². The van der Waals surface area contributed by atoms with E-state index in [2.05, 4.69) is 0 Å². The third-order valence-electron chi connectivity index (χ3n) is 4.84. The molecule has 0 aromatic heterocycles. The van der Waals surface area contributed by atoms with E-state index in [-0.39, 0.29) is 17.7 Å². The van der Waals surface area contributed by atoms with Crippen molar-refractivity contribution >= 4 is 11.8 Å². The second kappa shape index (κ2) is 6.96. The predicted molar refractivity (Wildman–Crippen MR) is 99.0 cm³/mol. The number of hydrogen-bond donors (Lipinski definition) is 0. The maximum Gasteiger partial charge on any atom is 0.314 e. The minimum absolute atomic E-state index is 0.161. The molecule has 3 nitrogen and oxygen atoms in total. The standard InChI is InChI=1S/C23H18O3/c24-21(18-14-8-3-9-15-18)22-19(16-10-4-1-5-11-16)20(23(25)26-22)17-12-6-2-7-13-17/h1-15,19-20,22H/t19-,20-,22+/m1/s1. The zero-order valence-corrected chi connectivity index (χ0v) is 14.1. The van der Waals surface area contributed by atoms with Crippen molar-refractivity contribution in [2.75, 3.05) is 0 Å². The highest BCUT2D eigenvalue weighted by molar-refractivity contribution is 6.03. The monoisotopic (exact) mass is 342 g/mol. The van der Waals surface area contributed by atoms with Crippen LogP contribution in [0.5, 0.6) is 0 Å². The highest BCUT2D eigenvalue weighted by atomic mass is 16.6. The van der Waals surface area contributed by atoms with Crippen molar-refractivity contribution in [3.8, 4) is 0 Å². The first-order valence-corrected chi connectivity index (χ1v) is 8.65. The molecule has 128 valence electrons. The third kappa shape index (κ3) is 2.92. The van der Waals surface area contributed by atoms with Crippen LogP contribution in [-0.4, -0.2) is 17.9 Å². The zero-order valence-electron chi connectivity index (χ0n) is 14.1. The number of hydrogen-bond acceptors (Lipinski definition) is 3. The Bertz CT molecular complexity index is 904. The Balaban J connectivity index is 1.79. The first kappa shape index (κ1) is 16.3. The van der Waals surface area contributed by atoms with E-state index in [0.29, 0.717) is 5.56 Å². The summed E-state index contributed by atoms with van der Waals surface area (Å²) in [5.74, 6) is -1.35. The molecule has 3 atom stereocenters. The first-order chi connectivity index (χ1) is 12.8. The Morgan fingerprint density at radius 1 is 0.692 bits per heavy atom. The number of esters is 1. The van der Waals surface area contributed by atoms with Crippen molar-refractivity contribution in [3.05, 3.63) is 108 Å². The lowest BCUT2D eigenvalue weighted by Gasteiger charge is -2.21. The van der Waals surface area contributed by atoms with Crippen molar-refractivity contribution in [2.24, 2.45) is 0 Å². The van der Waals surface area contributed by atoms with E-state index >= 15 is 0 Å². The number of ketones is 1. The molecule has 3 aromatic rings. The number of carbonyl (C=O) groups is 2. The number of ether oxygens (including phenoxy) is 1. The molecule has 1 fully saturated rings. The molecule has 0 unspecified atom stereocenters. The fourth-order valence-corrected chi connectivity index (χ4v) is 3.62. The van der Waals surface area contributed by atoms with Gasteiger partial charge in [0.15, 0.2) is 6.10 Å². The van der Waals surface area contributed by atoms with Gasteiger partial charge >= 0.3 is 5.97 Å². The quantitative estimate of drug-likeness (QED) is 0.522. The zero-order chi connectivity index (χ0) is 17.9. The van der Waals surface area contributed by atoms with Crippen LogP contribution < -0.4 is 0 Å². The third-order valence-corrected chi connectivity index (χ3v) is 4.84. The minimum atomic E-state index is -0.822. The van der Waals surface area contributed by atoms with Gasteiger partial charge in [-0.3, -0.25) is 9.59 Å². The van der Waals surface area contributed by atoms with Crippen LogP contribution in [0.1, 0.15) is 33.3 Å². The van der Waals surface area contributed by atoms with E-state index in [1.165, 1.54) is 0 Å². The maximum absolute atomic E-state index is 13.1. The van der Waals surface area contributed by atoms with Gasteiger partial charge in [-0.15, -0.1) is 0 Å². The molecule has 3 heteroatoms. The summed E-state index contributed by atoms with van der Waals surface area (Å²) in [6, 6.07) is 28.2. The highest BCUT2D eigenvalue weighted by Gasteiger charge is 2.49. The molecule has 3 aromatic carbocycles. The lowest BCUT2D eigenvalue weighted by Crippen LogP contribution is -2.27. The molecular formula is C23H18O3. The van der Waals surface area contributed by atoms with E-state index in [1.807, 2.05) is 78.9 Å². The fraction of sp³-hybridized carbons (Fsp3) is 0.130. The summed E-state index contributed by atoms with van der Waals surface area (Å²) in [7, 11) is 0. The minimum Gasteiger partial charge on any atom is -0.453 e. The van der Waals surface area contributed by atoms with Crippen LogP contribution in [0.2, 0.25) is 0 Å². The van der Waals surface area contributed by atoms with Crippen LogP contribution in [0, 0.1) is 0 Å². The average Bonchev–Trinajstić information content (AvgIpc) is 3.06. The number of cyclic esters (lactones) is 1. The van der Waals surface area contributed by atoms with Gasteiger partial charge < -0.3 is 4.74 Å². The summed E-state index contributed by atoms with van der Waals surface area (Å²) in [4.78, 5) is 25.8. The average molecular weight is 342 g/mol. The summed E-state index contributed by atoms with van der Waals surface area (Å²) < 4.78 is 5.62. The number of Topliss-reactive ketones (excluding diaryl/α,β-unsaturated/α-hetero) is 1. The summed E-state index contributed by atoms with van der Waals surface area (Å²) >= 11 is 0. The van der Waals surface area contributed by atoms with Gasteiger partial charge in [0.25, 0.3) is 0 Å². The summed E-state index contributed by atoms with van der Waals surface area (Å²) in [6.45, 7) is 0. The molecule has 0 radical (unpaired) electrons. The van der Waals surface area contributed by atoms with Crippen LogP contribution >= 0.6 is 0 Å². The van der Waals surface area contributed by atoms with Crippen LogP contribution in [0.3, 0.4) is 0 Å². The Labute approximate surface area is 152 Å². The number of carbonyl (C=O) groups excluding carboxylic acids is 2. The van der Waals surface area contributed by atoms with Gasteiger partial charge in [0.2, 0.25) is 5.78 Å². The Morgan fingerprint density at radius 3 is 1.77 bits per heavy atom. The second-order valence-electron chi connectivity index (χ2n) is 6.41. The van der Waals surface area contributed by atoms with Crippen molar-refractivity contribution in [1.29, 1.82) is 0 Å². The summed E-state index contributed by atoms with van der Waals surface area (Å²) in [6.07, 6.45) is -0.822. The molecule has 1 heterocycles. The van der Waals surface area contributed by atoms with E-state index in [1.54, 1.807) is 12.1 Å². The lowest BCUT2D eigenvalue weighted by atomic mass is 9.78. The van der Waals surface area contributed by atoms with Crippen LogP contribution in [-0.2, 0) is 9.53 Å². The van der Waals surface area contributed by atoms with Gasteiger partial charge in [0, 0.05) is 11.5 Å². The molecule has 0 saturated carbocycles. The second-order valence-corrected chi connectivity index (χ2v) is 6.41. The molecule has 0 N–H and O–H groups in total. The molecule has 0 amide bonds. The molecule has 1 aliphatic rings. The molecular weight excluding hydrogens is 324 g/mol. The SMILES string of the molecule is O=C(c1ccccc1)[C@H]1OC(=O)[C@H](c2ccccc2)[C@H]1c1ccccc1. The Morgan fingerprint density at radius 2 is 1.19 bits per heavy atom. The highest BCUT2D eigenvalue weighted by Crippen LogP contribution is 2.44. The van der Waals surface area contributed by atoms with Crippen molar-refractivity contribution in [1.82, 2.24) is 0 Å². The van der Waals surface area contributed by atoms with Crippen LogP contribution in [0.15, 0.2) is 91.0 Å². The van der Waals surface area contributed by atoms with Gasteiger partial charge in [-0.2, -0.15) is 0 Å². The largest absolute Gasteiger partial charge is 0.453 e. The smallest absolute Gasteiger partial charge is 0.314 e. The van der Waals surface area contributed by atoms with Crippen molar-refractivity contribution in [3.63, 3.8) is 0 Å². The predicted octanol–water partition coefficient (Wildman–Crippen LogP) is 4.36. The Hall–Kier alpha value is -3.20. The van der Waals surface area contributed by atoms with Gasteiger partial charge in [-0.05, 0) is 11.1 Å². The normalized spacial score (nSPS) is 22.0. The van der Waals surface area contributed by atoms with E-state index in [4.69, 9.17) is 4.74 Å². The van der Waals surface area contributed by atoms with E-state index < -0.39 is 12.0 Å². The first-order valence-electron chi connectivity index (χ1n) is 8.65. The van der Waals surface area contributed by atoms with Crippen LogP contribution in [0.4, 0.5) is 0 Å². The molecule has 1 saturated heterocycles. The Kier molecular flexibility index (Phi) is 4.36. The number of benzene rings is 3. The summed E-state index contributed by atoms with van der Waals surface area (Å²) in [5, 5.41) is 0. The van der Waals surface area contributed by atoms with Gasteiger partial charge in [0.1, 0.15) is 0 Å². The van der Waals surface area contributed by atoms with Crippen LogP contribution in [0.25, 0.3) is 0 Å². The molecule has 4 rings (SSSR count). The van der Waals surface area contributed by atoms with Gasteiger partial charge in [0.05, 0.1) is 5.92 Å². The fourth-order valence-electron chi connectivity index (χ4n) is 3.62. The topological polar surface area (TPSA) is 43.4 Å². The molecule has 26 heavy (non-hydrogen) atoms. The maximum atomic E-state index is 13.1. The summed E-state index contributed by atoms with van der Waals surface area (Å²) in [5.41, 5.74) is 2.36. The van der Waals surface area contributed by atoms with Gasteiger partial charge in [-0.1, -0.05) is 91.0 Å². The van der Waals surface area contributed by atoms with Crippen molar-refractivity contribution in [2.45, 2.75) is 17.9 Å².